The third-order valence-corrected chi connectivity index (χ3v) is 5.13. The van der Waals surface area contributed by atoms with Gasteiger partial charge >= 0.3 is 0 Å². The highest BCUT2D eigenvalue weighted by Gasteiger charge is 2.09. The molecule has 0 aromatic heterocycles. The number of nitrogens with one attached hydrogen (secondary N) is 2. The van der Waals surface area contributed by atoms with Crippen molar-refractivity contribution in [1.29, 1.82) is 0 Å². The summed E-state index contributed by atoms with van der Waals surface area (Å²) in [6.07, 6.45) is 0. The molecule has 0 amide bonds. The van der Waals surface area contributed by atoms with Gasteiger partial charge in [0.2, 0.25) is 0 Å². The average Bonchev–Trinajstić information content (AvgIpc) is 2.90. The van der Waals surface area contributed by atoms with Gasteiger partial charge in [0.25, 0.3) is 0 Å². The third kappa shape index (κ3) is 6.91. The Morgan fingerprint density at radius 1 is 0.471 bits per heavy atom. The van der Waals surface area contributed by atoms with Crippen LogP contribution in [0.2, 0.25) is 0 Å². The van der Waals surface area contributed by atoms with Crippen molar-refractivity contribution in [3.8, 4) is 0 Å². The topological polar surface area (TPSA) is 58.2 Å². The summed E-state index contributed by atoms with van der Waals surface area (Å²) < 4.78 is 0. The zero-order valence-electron chi connectivity index (χ0n) is 19.6. The van der Waals surface area contributed by atoms with E-state index >= 15 is 0 Å². The molecule has 0 heterocycles. The van der Waals surface area contributed by atoms with Crippen LogP contribution in [0.15, 0.2) is 109 Å². The number of carbonyl (C=O) groups excluding carboxylic acids is 2. The average molecular weight is 451 g/mol. The first-order valence-corrected chi connectivity index (χ1v) is 11.5. The van der Waals surface area contributed by atoms with Crippen LogP contribution in [0.5, 0.6) is 0 Å². The molecule has 0 aliphatic carbocycles. The number of hydrogen-bond acceptors (Lipinski definition) is 4. The van der Waals surface area contributed by atoms with Gasteiger partial charge in [0, 0.05) is 46.7 Å². The highest BCUT2D eigenvalue weighted by atomic mass is 16.1. The maximum Gasteiger partial charge on any atom is 0.193 e. The van der Waals surface area contributed by atoms with E-state index in [0.717, 1.165) is 35.6 Å². The Hall–Kier alpha value is -4.18. The van der Waals surface area contributed by atoms with Gasteiger partial charge < -0.3 is 10.6 Å². The number of anilines is 2. The molecule has 4 rings (SSSR count). The molecule has 4 heteroatoms. The predicted molar refractivity (Wildman–Crippen MR) is 141 cm³/mol. The summed E-state index contributed by atoms with van der Waals surface area (Å²) in [4.78, 5) is 24.2. The molecule has 0 unspecified atom stereocenters. The third-order valence-electron chi connectivity index (χ3n) is 5.13. The molecule has 0 aliphatic heterocycles. The van der Waals surface area contributed by atoms with Crippen molar-refractivity contribution in [1.82, 2.24) is 0 Å². The number of hydrogen-bond donors (Lipinski definition) is 2. The zero-order valence-corrected chi connectivity index (χ0v) is 19.6. The quantitative estimate of drug-likeness (QED) is 0.293. The Labute approximate surface area is 201 Å². The molecule has 0 spiro atoms. The van der Waals surface area contributed by atoms with Crippen molar-refractivity contribution in [2.24, 2.45) is 0 Å². The largest absolute Gasteiger partial charge is 0.385 e. The van der Waals surface area contributed by atoms with Crippen molar-refractivity contribution in [3.63, 3.8) is 0 Å². The Bertz CT molecular complexity index is 1080. The zero-order chi connectivity index (χ0) is 24.2. The highest BCUT2D eigenvalue weighted by Crippen LogP contribution is 2.16. The summed E-state index contributed by atoms with van der Waals surface area (Å²) in [5, 5.41) is 6.43. The molecular formula is C30H30N2O2. The Morgan fingerprint density at radius 3 is 1.06 bits per heavy atom. The normalized spacial score (nSPS) is 9.94. The van der Waals surface area contributed by atoms with E-state index in [1.165, 1.54) is 0 Å². The van der Waals surface area contributed by atoms with Gasteiger partial charge in [-0.25, -0.2) is 0 Å². The molecule has 0 fully saturated rings. The first kappa shape index (κ1) is 24.5. The maximum absolute atomic E-state index is 12.3. The van der Waals surface area contributed by atoms with Gasteiger partial charge in [0.1, 0.15) is 0 Å². The van der Waals surface area contributed by atoms with Crippen LogP contribution in [0.1, 0.15) is 45.7 Å². The fourth-order valence-corrected chi connectivity index (χ4v) is 3.40. The number of rotatable bonds is 8. The van der Waals surface area contributed by atoms with Gasteiger partial charge in [-0.1, -0.05) is 60.7 Å². The minimum absolute atomic E-state index is 0.0519. The summed E-state index contributed by atoms with van der Waals surface area (Å²) in [6.45, 7) is 5.84. The summed E-state index contributed by atoms with van der Waals surface area (Å²) in [5.41, 5.74) is 4.96. The van der Waals surface area contributed by atoms with E-state index in [9.17, 15) is 9.59 Å². The first-order chi connectivity index (χ1) is 16.6. The van der Waals surface area contributed by atoms with Crippen LogP contribution in [-0.2, 0) is 0 Å². The SMILES string of the molecule is CCNc1ccc(C(=O)c2ccc(NCC)cc2)cc1.O=C(c1ccccc1)c1ccccc1. The summed E-state index contributed by atoms with van der Waals surface area (Å²) in [6, 6.07) is 33.8. The van der Waals surface area contributed by atoms with E-state index in [1.54, 1.807) is 0 Å². The van der Waals surface area contributed by atoms with E-state index in [4.69, 9.17) is 0 Å². The van der Waals surface area contributed by atoms with E-state index in [0.29, 0.717) is 11.1 Å². The Kier molecular flexibility index (Phi) is 9.18. The van der Waals surface area contributed by atoms with Gasteiger partial charge in [0.15, 0.2) is 11.6 Å². The highest BCUT2D eigenvalue weighted by molar-refractivity contribution is 6.09. The van der Waals surface area contributed by atoms with E-state index in [-0.39, 0.29) is 11.6 Å². The standard InChI is InChI=1S/C17H20N2O.C13H10O/c1-3-18-15-9-5-13(6-10-15)17(20)14-7-11-16(12-8-14)19-4-2;14-13(11-7-3-1-4-8-11)12-9-5-2-6-10-12/h5-12,18-19H,3-4H2,1-2H3;1-10H. The summed E-state index contributed by atoms with van der Waals surface area (Å²) in [7, 11) is 0. The molecule has 0 aliphatic rings. The van der Waals surface area contributed by atoms with E-state index in [1.807, 2.05) is 123 Å². The predicted octanol–water partition coefficient (Wildman–Crippen LogP) is 6.70. The van der Waals surface area contributed by atoms with Crippen molar-refractivity contribution in [2.45, 2.75) is 13.8 Å². The van der Waals surface area contributed by atoms with Crippen molar-refractivity contribution >= 4 is 22.9 Å². The smallest absolute Gasteiger partial charge is 0.193 e. The van der Waals surface area contributed by atoms with E-state index in [2.05, 4.69) is 10.6 Å². The van der Waals surface area contributed by atoms with E-state index < -0.39 is 0 Å². The molecule has 0 radical (unpaired) electrons. The molecule has 0 saturated carbocycles. The molecule has 4 aromatic rings. The van der Waals surface area contributed by atoms with Gasteiger partial charge in [-0.15, -0.1) is 0 Å². The van der Waals surface area contributed by atoms with Crippen LogP contribution in [0.25, 0.3) is 0 Å². The summed E-state index contributed by atoms with van der Waals surface area (Å²) in [5.74, 6) is 0.127. The van der Waals surface area contributed by atoms with Gasteiger partial charge in [-0.05, 0) is 62.4 Å². The lowest BCUT2D eigenvalue weighted by Crippen LogP contribution is -2.03. The molecule has 0 atom stereocenters. The second kappa shape index (κ2) is 12.8. The number of benzene rings is 4. The minimum atomic E-state index is 0.0519. The fraction of sp³-hybridized carbons (Fsp3) is 0.133. The molecular weight excluding hydrogens is 420 g/mol. The molecule has 0 saturated heterocycles. The van der Waals surface area contributed by atoms with Gasteiger partial charge in [-0.3, -0.25) is 9.59 Å². The van der Waals surface area contributed by atoms with Gasteiger partial charge in [-0.2, -0.15) is 0 Å². The van der Waals surface area contributed by atoms with Crippen LogP contribution >= 0.6 is 0 Å². The van der Waals surface area contributed by atoms with Crippen LogP contribution < -0.4 is 10.6 Å². The van der Waals surface area contributed by atoms with Crippen LogP contribution in [0.3, 0.4) is 0 Å². The second-order valence-corrected chi connectivity index (χ2v) is 7.61. The molecule has 4 nitrogen and oxygen atoms in total. The molecule has 172 valence electrons. The van der Waals surface area contributed by atoms with Crippen LogP contribution in [0.4, 0.5) is 11.4 Å². The lowest BCUT2D eigenvalue weighted by molar-refractivity contribution is 0.103. The summed E-state index contributed by atoms with van der Waals surface area (Å²) >= 11 is 0. The number of ketones is 2. The van der Waals surface area contributed by atoms with Crippen LogP contribution in [0, 0.1) is 0 Å². The minimum Gasteiger partial charge on any atom is -0.385 e. The maximum atomic E-state index is 12.3. The van der Waals surface area contributed by atoms with Crippen molar-refractivity contribution in [3.05, 3.63) is 131 Å². The number of carbonyl (C=O) groups is 2. The lowest BCUT2D eigenvalue weighted by atomic mass is 10.0. The Balaban J connectivity index is 0.000000202. The van der Waals surface area contributed by atoms with Crippen LogP contribution in [-0.4, -0.2) is 24.7 Å². The van der Waals surface area contributed by atoms with Gasteiger partial charge in [0.05, 0.1) is 0 Å². The fourth-order valence-electron chi connectivity index (χ4n) is 3.40. The lowest BCUT2D eigenvalue weighted by Gasteiger charge is -2.06. The Morgan fingerprint density at radius 2 is 0.765 bits per heavy atom. The van der Waals surface area contributed by atoms with Crippen molar-refractivity contribution in [2.75, 3.05) is 23.7 Å². The molecule has 2 N–H and O–H groups in total. The molecule has 0 bridgehead atoms. The molecule has 34 heavy (non-hydrogen) atoms. The first-order valence-electron chi connectivity index (χ1n) is 11.5. The van der Waals surface area contributed by atoms with Crippen molar-refractivity contribution < 1.29 is 9.59 Å². The molecule has 4 aromatic carbocycles. The second-order valence-electron chi connectivity index (χ2n) is 7.61. The monoisotopic (exact) mass is 450 g/mol.